The minimum atomic E-state index is -4.22. The SMILES string of the molecule is CCC[N+](CCC)(C(Cc1cc(Cl)cc(Cl)c1)C(O)CNCc1cccc(OC)c1)S(=O)(=O)NC(=O)CC. The number of aliphatic hydroxyl groups excluding tert-OH is 1. The third kappa shape index (κ3) is 8.56. The Morgan fingerprint density at radius 1 is 1.03 bits per heavy atom. The van der Waals surface area contributed by atoms with Crippen molar-refractivity contribution in [1.82, 2.24) is 10.0 Å². The summed E-state index contributed by atoms with van der Waals surface area (Å²) in [6.45, 7) is 6.38. The van der Waals surface area contributed by atoms with Crippen LogP contribution in [0.3, 0.4) is 0 Å². The lowest BCUT2D eigenvalue weighted by atomic mass is 9.98. The monoisotopic (exact) mass is 588 g/mol. The van der Waals surface area contributed by atoms with Gasteiger partial charge in [-0.1, -0.05) is 56.1 Å². The van der Waals surface area contributed by atoms with Crippen molar-refractivity contribution in [3.63, 3.8) is 0 Å². The van der Waals surface area contributed by atoms with Crippen LogP contribution in [0.1, 0.15) is 51.2 Å². The number of nitrogens with one attached hydrogen (secondary N) is 2. The van der Waals surface area contributed by atoms with Gasteiger partial charge in [0.05, 0.1) is 20.2 Å². The molecule has 0 aliphatic carbocycles. The fourth-order valence-corrected chi connectivity index (χ4v) is 7.40. The fraction of sp³-hybridized carbons (Fsp3) is 0.519. The maximum absolute atomic E-state index is 13.9. The van der Waals surface area contributed by atoms with Crippen molar-refractivity contribution in [2.75, 3.05) is 26.7 Å². The Hall–Kier alpha value is -1.88. The molecule has 1 amide bonds. The summed E-state index contributed by atoms with van der Waals surface area (Å²) in [5, 5.41) is 15.7. The number of carbonyl (C=O) groups is 1. The van der Waals surface area contributed by atoms with E-state index in [2.05, 4.69) is 10.0 Å². The average Bonchev–Trinajstić information content (AvgIpc) is 2.86. The first kappa shape index (κ1) is 32.3. The van der Waals surface area contributed by atoms with E-state index < -0.39 is 32.2 Å². The highest BCUT2D eigenvalue weighted by Gasteiger charge is 2.51. The number of hydrogen-bond acceptors (Lipinski definition) is 6. The van der Waals surface area contributed by atoms with Gasteiger partial charge in [-0.2, -0.15) is 12.3 Å². The van der Waals surface area contributed by atoms with E-state index in [9.17, 15) is 18.3 Å². The van der Waals surface area contributed by atoms with Gasteiger partial charge in [0.25, 0.3) is 0 Å². The van der Waals surface area contributed by atoms with Gasteiger partial charge in [0.1, 0.15) is 17.9 Å². The third-order valence-corrected chi connectivity index (χ3v) is 8.99. The molecular formula is C27H40Cl2N3O5S+. The van der Waals surface area contributed by atoms with Gasteiger partial charge in [0, 0.05) is 36.0 Å². The molecule has 2 aromatic carbocycles. The molecule has 2 rings (SSSR count). The second kappa shape index (κ2) is 15.1. The van der Waals surface area contributed by atoms with E-state index in [1.165, 1.54) is 0 Å². The first-order valence-corrected chi connectivity index (χ1v) is 15.1. The first-order valence-electron chi connectivity index (χ1n) is 12.9. The summed E-state index contributed by atoms with van der Waals surface area (Å²) in [5.74, 6) is 0.134. The van der Waals surface area contributed by atoms with E-state index in [1.807, 2.05) is 38.1 Å². The van der Waals surface area contributed by atoms with Crippen LogP contribution in [0, 0.1) is 0 Å². The smallest absolute Gasteiger partial charge is 0.396 e. The van der Waals surface area contributed by atoms with Gasteiger partial charge in [0.2, 0.25) is 5.91 Å². The molecule has 3 N–H and O–H groups in total. The lowest BCUT2D eigenvalue weighted by Gasteiger charge is -2.44. The molecule has 0 aliphatic rings. The number of amides is 1. The van der Waals surface area contributed by atoms with Crippen molar-refractivity contribution < 1.29 is 26.9 Å². The Balaban J connectivity index is 2.49. The van der Waals surface area contributed by atoms with Crippen LogP contribution in [0.4, 0.5) is 0 Å². The summed E-state index contributed by atoms with van der Waals surface area (Å²) in [6, 6.07) is 11.8. The Morgan fingerprint density at radius 3 is 2.21 bits per heavy atom. The molecule has 2 atom stereocenters. The fourth-order valence-electron chi connectivity index (χ4n) is 4.80. The molecular weight excluding hydrogens is 549 g/mol. The number of carbonyl (C=O) groups excluding carboxylic acids is 1. The van der Waals surface area contributed by atoms with Gasteiger partial charge in [-0.05, 0) is 54.3 Å². The molecule has 0 saturated carbocycles. The predicted octanol–water partition coefficient (Wildman–Crippen LogP) is 4.47. The molecule has 0 heterocycles. The van der Waals surface area contributed by atoms with Crippen molar-refractivity contribution in [2.45, 2.75) is 65.1 Å². The standard InChI is InChI=1S/C27H39Cl2N3O5S/c1-5-11-32(12-6-2,38(35,36)31-27(34)7-3)25(16-21-13-22(28)17-23(29)14-21)26(33)19-30-18-20-9-8-10-24(15-20)37-4/h8-10,13-15,17,25-26,30,33H,5-7,11-12,16,18-19H2,1-4H3/p+1. The second-order valence-corrected chi connectivity index (χ2v) is 12.1. The summed E-state index contributed by atoms with van der Waals surface area (Å²) < 4.78 is 34.8. The minimum absolute atomic E-state index is 0.0245. The number of benzene rings is 2. The van der Waals surface area contributed by atoms with Crippen LogP contribution in [0.25, 0.3) is 0 Å². The quantitative estimate of drug-likeness (QED) is 0.250. The van der Waals surface area contributed by atoms with Crippen molar-refractivity contribution in [2.24, 2.45) is 0 Å². The summed E-state index contributed by atoms with van der Waals surface area (Å²) in [7, 11) is -2.63. The van der Waals surface area contributed by atoms with Crippen molar-refractivity contribution in [3.05, 3.63) is 63.6 Å². The topological polar surface area (TPSA) is 105 Å². The number of halogens is 2. The highest BCUT2D eigenvalue weighted by Crippen LogP contribution is 2.30. The van der Waals surface area contributed by atoms with Gasteiger partial charge in [-0.15, -0.1) is 0 Å². The van der Waals surface area contributed by atoms with Crippen LogP contribution in [0.2, 0.25) is 10.0 Å². The van der Waals surface area contributed by atoms with Crippen LogP contribution in [0.15, 0.2) is 42.5 Å². The number of rotatable bonds is 16. The van der Waals surface area contributed by atoms with Crippen LogP contribution < -0.4 is 14.8 Å². The molecule has 2 unspecified atom stereocenters. The molecule has 0 spiro atoms. The molecule has 0 aliphatic heterocycles. The van der Waals surface area contributed by atoms with Crippen molar-refractivity contribution >= 4 is 39.3 Å². The zero-order chi connectivity index (χ0) is 28.3. The van der Waals surface area contributed by atoms with E-state index in [0.29, 0.717) is 35.0 Å². The molecule has 11 heteroatoms. The molecule has 8 nitrogen and oxygen atoms in total. The lowest BCUT2D eigenvalue weighted by molar-refractivity contribution is -0.838. The predicted molar refractivity (Wildman–Crippen MR) is 153 cm³/mol. The van der Waals surface area contributed by atoms with Gasteiger partial charge >= 0.3 is 10.2 Å². The summed E-state index contributed by atoms with van der Waals surface area (Å²) in [4.78, 5) is 12.3. The van der Waals surface area contributed by atoms with Gasteiger partial charge in [0.15, 0.2) is 0 Å². The molecule has 212 valence electrons. The van der Waals surface area contributed by atoms with Gasteiger partial charge in [-0.3, -0.25) is 4.79 Å². The first-order chi connectivity index (χ1) is 18.0. The molecule has 2 aromatic rings. The van der Waals surface area contributed by atoms with Gasteiger partial charge < -0.3 is 15.2 Å². The maximum Gasteiger partial charge on any atom is 0.396 e. The molecule has 38 heavy (non-hydrogen) atoms. The zero-order valence-electron chi connectivity index (χ0n) is 22.5. The van der Waals surface area contributed by atoms with E-state index >= 15 is 0 Å². The van der Waals surface area contributed by atoms with E-state index in [4.69, 9.17) is 27.9 Å². The van der Waals surface area contributed by atoms with E-state index in [-0.39, 0.29) is 32.5 Å². The third-order valence-electron chi connectivity index (χ3n) is 6.48. The maximum atomic E-state index is 13.9. The number of aliphatic hydroxyl groups is 1. The van der Waals surface area contributed by atoms with Crippen molar-refractivity contribution in [3.8, 4) is 5.75 Å². The molecule has 0 aromatic heterocycles. The normalized spacial score (nSPS) is 13.7. The largest absolute Gasteiger partial charge is 0.497 e. The zero-order valence-corrected chi connectivity index (χ0v) is 24.9. The summed E-state index contributed by atoms with van der Waals surface area (Å²) >= 11 is 12.5. The number of methoxy groups -OCH3 is 1. The van der Waals surface area contributed by atoms with E-state index in [1.54, 1.807) is 32.2 Å². The Morgan fingerprint density at radius 2 is 1.66 bits per heavy atom. The van der Waals surface area contributed by atoms with E-state index in [0.717, 1.165) is 11.3 Å². The van der Waals surface area contributed by atoms with Crippen LogP contribution in [-0.2, 0) is 28.0 Å². The Labute approximate surface area is 237 Å². The van der Waals surface area contributed by atoms with Crippen LogP contribution in [0.5, 0.6) is 5.75 Å². The summed E-state index contributed by atoms with van der Waals surface area (Å²) in [5.41, 5.74) is 1.66. The molecule has 0 fully saturated rings. The minimum Gasteiger partial charge on any atom is -0.497 e. The second-order valence-electron chi connectivity index (χ2n) is 9.35. The molecule has 0 saturated heterocycles. The lowest BCUT2D eigenvalue weighted by Crippen LogP contribution is -2.68. The van der Waals surface area contributed by atoms with Gasteiger partial charge in [-0.25, -0.2) is 4.72 Å². The van der Waals surface area contributed by atoms with Crippen LogP contribution >= 0.6 is 23.2 Å². The highest BCUT2D eigenvalue weighted by molar-refractivity contribution is 7.84. The number of ether oxygens (including phenoxy) is 1. The van der Waals surface area contributed by atoms with Crippen LogP contribution in [-0.4, -0.2) is 62.2 Å². The number of hydrogen-bond donors (Lipinski definition) is 3. The molecule has 0 radical (unpaired) electrons. The average molecular weight is 590 g/mol. The van der Waals surface area contributed by atoms with Crippen molar-refractivity contribution in [1.29, 1.82) is 0 Å². The Bertz CT molecular complexity index is 1140. The highest BCUT2D eigenvalue weighted by atomic mass is 35.5. The number of quaternary nitrogens is 1. The molecule has 0 bridgehead atoms. The number of nitrogens with zero attached hydrogens (tertiary/aromatic N) is 1. The Kier molecular flexibility index (Phi) is 12.8. The summed E-state index contributed by atoms with van der Waals surface area (Å²) in [6.07, 6.45) is 0.181.